The minimum atomic E-state index is -1.29. The number of carboxylic acids is 1. The molecule has 116 valence electrons. The van der Waals surface area contributed by atoms with E-state index in [1.807, 2.05) is 25.1 Å². The van der Waals surface area contributed by atoms with E-state index in [-0.39, 0.29) is 18.9 Å². The number of fused-ring (bicyclic) bond motifs is 1. The van der Waals surface area contributed by atoms with Gasteiger partial charge in [0.15, 0.2) is 5.54 Å². The molecule has 1 aliphatic rings. The van der Waals surface area contributed by atoms with Crippen LogP contribution in [-0.2, 0) is 20.7 Å². The van der Waals surface area contributed by atoms with Gasteiger partial charge in [0, 0.05) is 30.1 Å². The maximum atomic E-state index is 12.3. The lowest BCUT2D eigenvalue weighted by Crippen LogP contribution is -2.55. The van der Waals surface area contributed by atoms with Crippen molar-refractivity contribution in [1.29, 1.82) is 0 Å². The number of amides is 1. The Kier molecular flexibility index (Phi) is 3.62. The second-order valence-corrected chi connectivity index (χ2v) is 5.73. The first-order chi connectivity index (χ1) is 10.5. The summed E-state index contributed by atoms with van der Waals surface area (Å²) in [5.41, 5.74) is 1.67. The van der Waals surface area contributed by atoms with Crippen LogP contribution in [0.5, 0.6) is 0 Å². The molecule has 1 unspecified atom stereocenters. The van der Waals surface area contributed by atoms with Gasteiger partial charge < -0.3 is 20.1 Å². The average molecular weight is 302 g/mol. The zero-order chi connectivity index (χ0) is 15.7. The Morgan fingerprint density at radius 2 is 2.27 bits per heavy atom. The lowest BCUT2D eigenvalue weighted by molar-refractivity contribution is -0.147. The summed E-state index contributed by atoms with van der Waals surface area (Å²) in [4.78, 5) is 26.8. The van der Waals surface area contributed by atoms with E-state index in [2.05, 4.69) is 10.3 Å². The first kappa shape index (κ1) is 14.6. The Morgan fingerprint density at radius 3 is 2.95 bits per heavy atom. The molecule has 1 atom stereocenters. The molecule has 0 saturated carbocycles. The maximum Gasteiger partial charge on any atom is 0.331 e. The van der Waals surface area contributed by atoms with Crippen molar-refractivity contribution >= 4 is 22.8 Å². The van der Waals surface area contributed by atoms with Gasteiger partial charge in [0.25, 0.3) is 0 Å². The average Bonchev–Trinajstić information content (AvgIpc) is 3.08. The molecule has 0 radical (unpaired) electrons. The monoisotopic (exact) mass is 302 g/mol. The Labute approximate surface area is 127 Å². The van der Waals surface area contributed by atoms with Crippen LogP contribution in [0.25, 0.3) is 10.9 Å². The van der Waals surface area contributed by atoms with Crippen molar-refractivity contribution in [3.05, 3.63) is 35.5 Å². The molecule has 3 rings (SSSR count). The third kappa shape index (κ3) is 2.46. The number of para-hydroxylation sites is 1. The van der Waals surface area contributed by atoms with E-state index in [0.717, 1.165) is 22.0 Å². The van der Waals surface area contributed by atoms with Gasteiger partial charge in [-0.2, -0.15) is 0 Å². The number of aliphatic carboxylic acids is 1. The van der Waals surface area contributed by atoms with Gasteiger partial charge in [0.05, 0.1) is 13.0 Å². The number of carbonyl (C=O) groups is 2. The van der Waals surface area contributed by atoms with Gasteiger partial charge in [-0.25, -0.2) is 4.79 Å². The van der Waals surface area contributed by atoms with Crippen molar-refractivity contribution < 1.29 is 19.4 Å². The van der Waals surface area contributed by atoms with E-state index >= 15 is 0 Å². The van der Waals surface area contributed by atoms with Gasteiger partial charge in [0.1, 0.15) is 0 Å². The van der Waals surface area contributed by atoms with E-state index in [1.54, 1.807) is 6.20 Å². The second kappa shape index (κ2) is 5.46. The summed E-state index contributed by atoms with van der Waals surface area (Å²) in [5.74, 6) is -1.36. The van der Waals surface area contributed by atoms with Crippen LogP contribution in [0.3, 0.4) is 0 Å². The predicted molar refractivity (Wildman–Crippen MR) is 80.7 cm³/mol. The molecule has 1 aromatic carbocycles. The summed E-state index contributed by atoms with van der Waals surface area (Å²) in [6.07, 6.45) is 2.23. The summed E-state index contributed by atoms with van der Waals surface area (Å²) >= 11 is 0. The summed E-state index contributed by atoms with van der Waals surface area (Å²) < 4.78 is 5.14. The van der Waals surface area contributed by atoms with Crippen LogP contribution in [0.1, 0.15) is 17.5 Å². The molecule has 2 aromatic rings. The van der Waals surface area contributed by atoms with Crippen molar-refractivity contribution in [3.8, 4) is 0 Å². The van der Waals surface area contributed by atoms with Crippen molar-refractivity contribution in [2.75, 3.05) is 13.2 Å². The van der Waals surface area contributed by atoms with Gasteiger partial charge in [-0.1, -0.05) is 18.2 Å². The van der Waals surface area contributed by atoms with Crippen LogP contribution >= 0.6 is 0 Å². The quantitative estimate of drug-likeness (QED) is 0.795. The third-order valence-corrected chi connectivity index (χ3v) is 4.17. The zero-order valence-corrected chi connectivity index (χ0v) is 12.3. The number of hydrogen-bond acceptors (Lipinski definition) is 3. The highest BCUT2D eigenvalue weighted by Gasteiger charge is 2.43. The van der Waals surface area contributed by atoms with Gasteiger partial charge in [0.2, 0.25) is 5.91 Å². The fraction of sp³-hybridized carbons (Fsp3) is 0.375. The van der Waals surface area contributed by atoms with Crippen LogP contribution in [0.2, 0.25) is 0 Å². The molecule has 22 heavy (non-hydrogen) atoms. The number of benzene rings is 1. The summed E-state index contributed by atoms with van der Waals surface area (Å²) in [5, 5.41) is 13.0. The van der Waals surface area contributed by atoms with E-state index in [9.17, 15) is 14.7 Å². The number of carboxylic acid groups (broad SMARTS) is 1. The molecular weight excluding hydrogens is 284 g/mol. The fourth-order valence-electron chi connectivity index (χ4n) is 2.88. The van der Waals surface area contributed by atoms with Crippen molar-refractivity contribution in [1.82, 2.24) is 10.3 Å². The molecule has 2 heterocycles. The van der Waals surface area contributed by atoms with Crippen molar-refractivity contribution in [2.45, 2.75) is 25.3 Å². The van der Waals surface area contributed by atoms with Crippen LogP contribution in [0.4, 0.5) is 0 Å². The molecule has 3 N–H and O–H groups in total. The molecule has 1 fully saturated rings. The topological polar surface area (TPSA) is 91.4 Å². The second-order valence-electron chi connectivity index (χ2n) is 5.73. The van der Waals surface area contributed by atoms with Crippen LogP contribution < -0.4 is 5.32 Å². The van der Waals surface area contributed by atoms with Gasteiger partial charge >= 0.3 is 5.97 Å². The largest absolute Gasteiger partial charge is 0.479 e. The lowest BCUT2D eigenvalue weighted by atomic mass is 9.98. The molecule has 0 aliphatic carbocycles. The number of hydrogen-bond donors (Lipinski definition) is 3. The van der Waals surface area contributed by atoms with Crippen molar-refractivity contribution in [3.63, 3.8) is 0 Å². The van der Waals surface area contributed by atoms with Gasteiger partial charge in [-0.15, -0.1) is 0 Å². The van der Waals surface area contributed by atoms with Gasteiger partial charge in [-0.3, -0.25) is 4.79 Å². The normalized spacial score (nSPS) is 21.1. The predicted octanol–water partition coefficient (Wildman–Crippen LogP) is 1.38. The summed E-state index contributed by atoms with van der Waals surface area (Å²) in [6.45, 7) is 2.36. The number of H-pyrrole nitrogens is 1. The summed E-state index contributed by atoms with van der Waals surface area (Å²) in [6, 6.07) is 5.89. The Hall–Kier alpha value is -2.34. The first-order valence-corrected chi connectivity index (χ1v) is 7.19. The molecule has 6 heteroatoms. The van der Waals surface area contributed by atoms with E-state index in [0.29, 0.717) is 13.0 Å². The minimum absolute atomic E-state index is 0.0149. The zero-order valence-electron chi connectivity index (χ0n) is 12.3. The molecule has 1 aromatic heterocycles. The molecule has 6 nitrogen and oxygen atoms in total. The molecule has 0 bridgehead atoms. The number of aromatic nitrogens is 1. The van der Waals surface area contributed by atoms with Crippen molar-refractivity contribution in [2.24, 2.45) is 0 Å². The van der Waals surface area contributed by atoms with Crippen LogP contribution in [0, 0.1) is 6.92 Å². The molecule has 0 spiro atoms. The Balaban J connectivity index is 1.79. The summed E-state index contributed by atoms with van der Waals surface area (Å²) in [7, 11) is 0. The highest BCUT2D eigenvalue weighted by atomic mass is 16.5. The minimum Gasteiger partial charge on any atom is -0.479 e. The molecule has 1 aliphatic heterocycles. The number of aromatic amines is 1. The molecule has 1 saturated heterocycles. The molecular formula is C16H18N2O4. The highest BCUT2D eigenvalue weighted by Crippen LogP contribution is 2.23. The fourth-order valence-corrected chi connectivity index (χ4v) is 2.88. The SMILES string of the molecule is Cc1cccc2c(CC(=O)NC3(C(=O)O)CCOC3)c[nH]c12. The standard InChI is InChI=1S/C16H18N2O4/c1-10-3-2-4-12-11(8-17-14(10)12)7-13(19)18-16(15(20)21)5-6-22-9-16/h2-4,8,17H,5-7,9H2,1H3,(H,18,19)(H,20,21). The maximum absolute atomic E-state index is 12.3. The third-order valence-electron chi connectivity index (χ3n) is 4.17. The van der Waals surface area contributed by atoms with Crippen LogP contribution in [-0.4, -0.2) is 40.7 Å². The molecule has 1 amide bonds. The van der Waals surface area contributed by atoms with E-state index in [4.69, 9.17) is 4.74 Å². The Bertz CT molecular complexity index is 729. The number of carbonyl (C=O) groups excluding carboxylic acids is 1. The van der Waals surface area contributed by atoms with E-state index in [1.165, 1.54) is 0 Å². The number of rotatable bonds is 4. The van der Waals surface area contributed by atoms with Gasteiger partial charge in [-0.05, 0) is 18.1 Å². The number of aryl methyl sites for hydroxylation is 1. The lowest BCUT2D eigenvalue weighted by Gasteiger charge is -2.23. The number of nitrogens with one attached hydrogen (secondary N) is 2. The Morgan fingerprint density at radius 1 is 1.45 bits per heavy atom. The highest BCUT2D eigenvalue weighted by molar-refractivity contribution is 5.93. The van der Waals surface area contributed by atoms with E-state index < -0.39 is 11.5 Å². The first-order valence-electron chi connectivity index (χ1n) is 7.19. The van der Waals surface area contributed by atoms with Crippen LogP contribution in [0.15, 0.2) is 24.4 Å². The number of ether oxygens (including phenoxy) is 1. The smallest absolute Gasteiger partial charge is 0.331 e.